The standard InChI is InChI=1S/C9H17NO4.C5H7F3/c1-8(2,3)14-7(13)10-9(4,5)6(11)12;6-5(7,8)4-2-1-3-4/h1-5H3,(H,10,13)(H,11,12);4H,1-3H2. The van der Waals surface area contributed by atoms with Crippen molar-refractivity contribution in [1.29, 1.82) is 0 Å². The average molecular weight is 327 g/mol. The third-order valence-electron chi connectivity index (χ3n) is 2.92. The number of hydrogen-bond acceptors (Lipinski definition) is 3. The van der Waals surface area contributed by atoms with Crippen molar-refractivity contribution >= 4 is 12.1 Å². The largest absolute Gasteiger partial charge is 0.480 e. The number of aliphatic carboxylic acids is 1. The van der Waals surface area contributed by atoms with E-state index in [4.69, 9.17) is 9.84 Å². The number of ether oxygens (including phenoxy) is 1. The van der Waals surface area contributed by atoms with Crippen LogP contribution in [0.4, 0.5) is 18.0 Å². The van der Waals surface area contributed by atoms with E-state index in [2.05, 4.69) is 5.32 Å². The molecule has 0 bridgehead atoms. The van der Waals surface area contributed by atoms with Crippen molar-refractivity contribution in [3.63, 3.8) is 0 Å². The first-order chi connectivity index (χ1) is 9.65. The zero-order valence-electron chi connectivity index (χ0n) is 13.5. The van der Waals surface area contributed by atoms with Crippen LogP contribution in [0.1, 0.15) is 53.9 Å². The molecule has 0 aromatic rings. The smallest absolute Gasteiger partial charge is 0.408 e. The van der Waals surface area contributed by atoms with Crippen molar-refractivity contribution in [2.75, 3.05) is 0 Å². The van der Waals surface area contributed by atoms with Crippen LogP contribution in [0.3, 0.4) is 0 Å². The van der Waals surface area contributed by atoms with E-state index in [0.717, 1.165) is 6.42 Å². The van der Waals surface area contributed by atoms with Crippen LogP contribution in [-0.2, 0) is 9.53 Å². The van der Waals surface area contributed by atoms with Crippen LogP contribution in [0, 0.1) is 5.92 Å². The van der Waals surface area contributed by atoms with Gasteiger partial charge in [-0.25, -0.2) is 9.59 Å². The second kappa shape index (κ2) is 7.19. The highest BCUT2D eigenvalue weighted by Gasteiger charge is 2.42. The molecule has 130 valence electrons. The lowest BCUT2D eigenvalue weighted by molar-refractivity contribution is -0.193. The molecular formula is C14H24F3NO4. The maximum Gasteiger partial charge on any atom is 0.408 e. The molecule has 0 aromatic heterocycles. The summed E-state index contributed by atoms with van der Waals surface area (Å²) in [5, 5.41) is 11.0. The van der Waals surface area contributed by atoms with Crippen LogP contribution in [-0.4, -0.2) is 34.5 Å². The summed E-state index contributed by atoms with van der Waals surface area (Å²) >= 11 is 0. The first-order valence-corrected chi connectivity index (χ1v) is 6.96. The van der Waals surface area contributed by atoms with Gasteiger partial charge in [0.2, 0.25) is 0 Å². The van der Waals surface area contributed by atoms with Gasteiger partial charge in [-0.3, -0.25) is 0 Å². The van der Waals surface area contributed by atoms with E-state index in [1.54, 1.807) is 20.8 Å². The first kappa shape index (κ1) is 20.5. The summed E-state index contributed by atoms with van der Waals surface area (Å²) in [5.41, 5.74) is -1.94. The van der Waals surface area contributed by atoms with Crippen LogP contribution in [0.25, 0.3) is 0 Å². The summed E-state index contributed by atoms with van der Waals surface area (Å²) in [4.78, 5) is 21.8. The highest BCUT2D eigenvalue weighted by Crippen LogP contribution is 2.40. The van der Waals surface area contributed by atoms with Gasteiger partial charge in [0.15, 0.2) is 0 Å². The highest BCUT2D eigenvalue weighted by atomic mass is 19.4. The molecule has 5 nitrogen and oxygen atoms in total. The quantitative estimate of drug-likeness (QED) is 0.810. The van der Waals surface area contributed by atoms with Crippen LogP contribution in [0.2, 0.25) is 0 Å². The maximum atomic E-state index is 11.5. The second-order valence-electron chi connectivity index (χ2n) is 6.73. The lowest BCUT2D eigenvalue weighted by Crippen LogP contribution is -2.51. The summed E-state index contributed by atoms with van der Waals surface area (Å²) in [6, 6.07) is 0. The number of alkyl carbamates (subject to hydrolysis) is 1. The number of hydrogen-bond donors (Lipinski definition) is 2. The number of alkyl halides is 3. The van der Waals surface area contributed by atoms with Gasteiger partial charge >= 0.3 is 18.2 Å². The van der Waals surface area contributed by atoms with Gasteiger partial charge in [-0.15, -0.1) is 0 Å². The van der Waals surface area contributed by atoms with E-state index >= 15 is 0 Å². The Morgan fingerprint density at radius 2 is 1.55 bits per heavy atom. The van der Waals surface area contributed by atoms with Crippen molar-refractivity contribution < 1.29 is 32.6 Å². The Kier molecular flexibility index (Phi) is 6.71. The predicted molar refractivity (Wildman–Crippen MR) is 74.5 cm³/mol. The minimum Gasteiger partial charge on any atom is -0.480 e. The summed E-state index contributed by atoms with van der Waals surface area (Å²) in [6.45, 7) is 7.90. The Balaban J connectivity index is 0.000000461. The Hall–Kier alpha value is -1.47. The third-order valence-corrected chi connectivity index (χ3v) is 2.92. The summed E-state index contributed by atoms with van der Waals surface area (Å²) in [7, 11) is 0. The van der Waals surface area contributed by atoms with E-state index in [1.165, 1.54) is 13.8 Å². The zero-order chi connectivity index (χ0) is 17.8. The third kappa shape index (κ3) is 8.09. The predicted octanol–water partition coefficient (Wildman–Crippen LogP) is 3.72. The van der Waals surface area contributed by atoms with Crippen molar-refractivity contribution in [2.24, 2.45) is 5.92 Å². The van der Waals surface area contributed by atoms with Crippen molar-refractivity contribution in [1.82, 2.24) is 5.32 Å². The fourth-order valence-electron chi connectivity index (χ4n) is 1.35. The summed E-state index contributed by atoms with van der Waals surface area (Å²) in [6.07, 6.45) is -3.18. The van der Waals surface area contributed by atoms with Gasteiger partial charge in [-0.2, -0.15) is 13.2 Å². The minimum absolute atomic E-state index is 0.351. The number of carbonyl (C=O) groups excluding carboxylic acids is 1. The average Bonchev–Trinajstić information content (AvgIpc) is 2.06. The number of carbonyl (C=O) groups is 2. The Bertz CT molecular complexity index is 396. The normalized spacial score (nSPS) is 16.0. The van der Waals surface area contributed by atoms with Crippen LogP contribution < -0.4 is 5.32 Å². The Labute approximate surface area is 128 Å². The van der Waals surface area contributed by atoms with Gasteiger partial charge in [0.25, 0.3) is 0 Å². The molecule has 0 unspecified atom stereocenters. The zero-order valence-corrected chi connectivity index (χ0v) is 13.5. The van der Waals surface area contributed by atoms with E-state index in [-0.39, 0.29) is 0 Å². The SMILES string of the molecule is CC(C)(C)OC(=O)NC(C)(C)C(=O)O.FC(F)(F)C1CCC1. The summed E-state index contributed by atoms with van der Waals surface area (Å²) < 4.78 is 39.4. The van der Waals surface area contributed by atoms with Crippen LogP contribution in [0.5, 0.6) is 0 Å². The Morgan fingerprint density at radius 1 is 1.09 bits per heavy atom. The van der Waals surface area contributed by atoms with E-state index in [0.29, 0.717) is 12.8 Å². The lowest BCUT2D eigenvalue weighted by atomic mass is 9.85. The fourth-order valence-corrected chi connectivity index (χ4v) is 1.35. The molecule has 0 aromatic carbocycles. The van der Waals surface area contributed by atoms with Crippen LogP contribution in [0.15, 0.2) is 0 Å². The molecule has 22 heavy (non-hydrogen) atoms. The summed E-state index contributed by atoms with van der Waals surface area (Å²) in [5.74, 6) is -2.08. The topological polar surface area (TPSA) is 75.6 Å². The molecule has 0 radical (unpaired) electrons. The highest BCUT2D eigenvalue weighted by molar-refractivity contribution is 5.83. The van der Waals surface area contributed by atoms with Crippen LogP contribution >= 0.6 is 0 Å². The molecule has 2 N–H and O–H groups in total. The first-order valence-electron chi connectivity index (χ1n) is 6.96. The maximum absolute atomic E-state index is 11.5. The molecule has 0 aliphatic heterocycles. The van der Waals surface area contributed by atoms with Crippen molar-refractivity contribution in [3.05, 3.63) is 0 Å². The molecule has 1 aliphatic rings. The van der Waals surface area contributed by atoms with E-state index in [9.17, 15) is 22.8 Å². The van der Waals surface area contributed by atoms with Gasteiger partial charge in [0, 0.05) is 0 Å². The van der Waals surface area contributed by atoms with E-state index in [1.807, 2.05) is 0 Å². The second-order valence-corrected chi connectivity index (χ2v) is 6.73. The fraction of sp³-hybridized carbons (Fsp3) is 0.857. The monoisotopic (exact) mass is 327 g/mol. The lowest BCUT2D eigenvalue weighted by Gasteiger charge is -2.27. The molecule has 0 spiro atoms. The number of halogens is 3. The molecule has 8 heteroatoms. The molecule has 0 heterocycles. The molecule has 0 atom stereocenters. The number of carboxylic acids is 1. The molecule has 1 fully saturated rings. The molecular weight excluding hydrogens is 303 g/mol. The Morgan fingerprint density at radius 3 is 1.73 bits per heavy atom. The molecule has 1 amide bonds. The molecule has 1 rings (SSSR count). The molecule has 1 aliphatic carbocycles. The van der Waals surface area contributed by atoms with E-state index < -0.39 is 35.3 Å². The van der Waals surface area contributed by atoms with Crippen molar-refractivity contribution in [2.45, 2.75) is 71.2 Å². The van der Waals surface area contributed by atoms with Gasteiger partial charge < -0.3 is 15.2 Å². The van der Waals surface area contributed by atoms with Gasteiger partial charge in [-0.1, -0.05) is 6.42 Å². The van der Waals surface area contributed by atoms with Gasteiger partial charge in [0.05, 0.1) is 5.92 Å². The number of amides is 1. The van der Waals surface area contributed by atoms with Gasteiger partial charge in [0.1, 0.15) is 11.1 Å². The number of carboxylic acid groups (broad SMARTS) is 1. The molecule has 0 saturated heterocycles. The number of nitrogens with one attached hydrogen (secondary N) is 1. The van der Waals surface area contributed by atoms with Gasteiger partial charge in [-0.05, 0) is 47.5 Å². The molecule has 1 saturated carbocycles. The minimum atomic E-state index is -3.90. The van der Waals surface area contributed by atoms with Crippen molar-refractivity contribution in [3.8, 4) is 0 Å². The number of rotatable bonds is 2.